The molecule has 0 fully saturated rings. The van der Waals surface area contributed by atoms with E-state index in [-0.39, 0.29) is 35.8 Å². The Balaban J connectivity index is 0.00000288. The van der Waals surface area contributed by atoms with Gasteiger partial charge in [0.2, 0.25) is 0 Å². The van der Waals surface area contributed by atoms with Gasteiger partial charge in [0.25, 0.3) is 0 Å². The Hall–Kier alpha value is -1.64. The number of aliphatic imine (C=N–C) groups is 1. The third kappa shape index (κ3) is 5.77. The van der Waals surface area contributed by atoms with Gasteiger partial charge in [0.05, 0.1) is 18.8 Å². The number of hydrogen-bond acceptors (Lipinski definition) is 2. The molecule has 0 spiro atoms. The molecule has 1 heterocycles. The van der Waals surface area contributed by atoms with E-state index in [1.54, 1.807) is 26.1 Å². The number of nitrogens with zero attached hydrogens (tertiary/aromatic N) is 3. The molecule has 24 heavy (non-hydrogen) atoms. The zero-order chi connectivity index (χ0) is 16.8. The van der Waals surface area contributed by atoms with E-state index in [1.807, 2.05) is 37.0 Å². The molecule has 1 aromatic heterocycles. The van der Waals surface area contributed by atoms with Gasteiger partial charge in [-0.2, -0.15) is 5.10 Å². The molecule has 0 aliphatic heterocycles. The smallest absolute Gasteiger partial charge is 0.191 e. The largest absolute Gasteiger partial charge is 0.355 e. The molecule has 5 nitrogen and oxygen atoms in total. The van der Waals surface area contributed by atoms with Gasteiger partial charge >= 0.3 is 0 Å². The highest BCUT2D eigenvalue weighted by Crippen LogP contribution is 2.16. The first kappa shape index (κ1) is 20.4. The number of benzene rings is 1. The average molecular weight is 445 g/mol. The maximum absolute atomic E-state index is 13.7. The first-order valence-corrected chi connectivity index (χ1v) is 7.72. The molecule has 1 unspecified atom stereocenters. The van der Waals surface area contributed by atoms with Crippen molar-refractivity contribution < 1.29 is 4.39 Å². The standard InChI is InChI=1S/C17H24FN5.HI/c1-12-10-21-23(11-12)8-7-20-17(19-4)22-14(3)15-6-5-13(2)16(18)9-15;/h5-6,9-11,14H,7-8H2,1-4H3,(H2,19,20,22);1H. The van der Waals surface area contributed by atoms with Crippen molar-refractivity contribution in [3.63, 3.8) is 0 Å². The first-order chi connectivity index (χ1) is 11.0. The average Bonchev–Trinajstić information content (AvgIpc) is 2.94. The lowest BCUT2D eigenvalue weighted by molar-refractivity contribution is 0.587. The van der Waals surface area contributed by atoms with E-state index in [0.717, 1.165) is 17.7 Å². The summed E-state index contributed by atoms with van der Waals surface area (Å²) in [6, 6.07) is 5.24. The molecule has 2 rings (SSSR count). The molecule has 0 radical (unpaired) electrons. The number of guanidine groups is 1. The summed E-state index contributed by atoms with van der Waals surface area (Å²) < 4.78 is 15.6. The van der Waals surface area contributed by atoms with Crippen LogP contribution in [0.25, 0.3) is 0 Å². The van der Waals surface area contributed by atoms with Crippen LogP contribution in [0.4, 0.5) is 4.39 Å². The minimum absolute atomic E-state index is 0. The van der Waals surface area contributed by atoms with Crippen molar-refractivity contribution in [1.29, 1.82) is 0 Å². The molecule has 1 atom stereocenters. The van der Waals surface area contributed by atoms with Gasteiger partial charge in [-0.1, -0.05) is 12.1 Å². The maximum atomic E-state index is 13.7. The van der Waals surface area contributed by atoms with Crippen molar-refractivity contribution >= 4 is 29.9 Å². The van der Waals surface area contributed by atoms with Gasteiger partial charge in [0, 0.05) is 19.8 Å². The van der Waals surface area contributed by atoms with E-state index in [4.69, 9.17) is 0 Å². The molecule has 2 aromatic rings. The lowest BCUT2D eigenvalue weighted by atomic mass is 10.1. The minimum Gasteiger partial charge on any atom is -0.355 e. The van der Waals surface area contributed by atoms with Crippen LogP contribution in [0.15, 0.2) is 35.6 Å². The summed E-state index contributed by atoms with van der Waals surface area (Å²) in [5, 5.41) is 10.7. The van der Waals surface area contributed by atoms with Crippen LogP contribution >= 0.6 is 24.0 Å². The van der Waals surface area contributed by atoms with Crippen molar-refractivity contribution in [2.75, 3.05) is 13.6 Å². The Labute approximate surface area is 159 Å². The number of nitrogens with one attached hydrogen (secondary N) is 2. The highest BCUT2D eigenvalue weighted by Gasteiger charge is 2.09. The molecule has 0 saturated heterocycles. The van der Waals surface area contributed by atoms with Crippen molar-refractivity contribution in [3.8, 4) is 0 Å². The number of aromatic nitrogens is 2. The highest BCUT2D eigenvalue weighted by molar-refractivity contribution is 14.0. The molecule has 0 aliphatic carbocycles. The summed E-state index contributed by atoms with van der Waals surface area (Å²) >= 11 is 0. The summed E-state index contributed by atoms with van der Waals surface area (Å²) in [4.78, 5) is 4.20. The first-order valence-electron chi connectivity index (χ1n) is 7.72. The number of hydrogen-bond donors (Lipinski definition) is 2. The summed E-state index contributed by atoms with van der Waals surface area (Å²) in [6.07, 6.45) is 3.83. The Morgan fingerprint density at radius 2 is 2.12 bits per heavy atom. The molecule has 2 N–H and O–H groups in total. The zero-order valence-electron chi connectivity index (χ0n) is 14.5. The van der Waals surface area contributed by atoms with E-state index in [9.17, 15) is 4.39 Å². The van der Waals surface area contributed by atoms with E-state index in [0.29, 0.717) is 18.1 Å². The summed E-state index contributed by atoms with van der Waals surface area (Å²) in [5.74, 6) is 0.496. The fourth-order valence-electron chi connectivity index (χ4n) is 2.24. The lowest BCUT2D eigenvalue weighted by Crippen LogP contribution is -2.40. The molecule has 0 saturated carbocycles. The Bertz CT molecular complexity index is 683. The number of halogens is 2. The van der Waals surface area contributed by atoms with Gasteiger partial charge in [-0.15, -0.1) is 24.0 Å². The van der Waals surface area contributed by atoms with E-state index >= 15 is 0 Å². The van der Waals surface area contributed by atoms with Crippen molar-refractivity contribution in [2.24, 2.45) is 4.99 Å². The zero-order valence-corrected chi connectivity index (χ0v) is 16.8. The van der Waals surface area contributed by atoms with Crippen molar-refractivity contribution in [1.82, 2.24) is 20.4 Å². The predicted molar refractivity (Wildman–Crippen MR) is 106 cm³/mol. The van der Waals surface area contributed by atoms with E-state index in [1.165, 1.54) is 0 Å². The molecule has 0 bridgehead atoms. The Morgan fingerprint density at radius 1 is 1.38 bits per heavy atom. The number of aryl methyl sites for hydroxylation is 2. The van der Waals surface area contributed by atoms with Crippen LogP contribution in [-0.4, -0.2) is 29.3 Å². The van der Waals surface area contributed by atoms with Gasteiger partial charge < -0.3 is 10.6 Å². The van der Waals surface area contributed by atoms with Crippen molar-refractivity contribution in [3.05, 3.63) is 53.1 Å². The fourth-order valence-corrected chi connectivity index (χ4v) is 2.24. The second-order valence-electron chi connectivity index (χ2n) is 5.65. The predicted octanol–water partition coefficient (Wildman–Crippen LogP) is 3.18. The molecule has 1 aromatic carbocycles. The second kappa shape index (κ2) is 9.61. The monoisotopic (exact) mass is 445 g/mol. The quantitative estimate of drug-likeness (QED) is 0.423. The van der Waals surface area contributed by atoms with Crippen LogP contribution < -0.4 is 10.6 Å². The normalized spacial score (nSPS) is 12.5. The summed E-state index contributed by atoms with van der Waals surface area (Å²) in [6.45, 7) is 7.21. The Kier molecular flexibility index (Phi) is 8.17. The van der Waals surface area contributed by atoms with Crippen LogP contribution in [0, 0.1) is 19.7 Å². The fraction of sp³-hybridized carbons (Fsp3) is 0.412. The SMILES string of the molecule is CN=C(NCCn1cc(C)cn1)NC(C)c1ccc(C)c(F)c1.I. The molecular weight excluding hydrogens is 420 g/mol. The van der Waals surface area contributed by atoms with Gasteiger partial charge in [-0.05, 0) is 43.5 Å². The Morgan fingerprint density at radius 3 is 2.71 bits per heavy atom. The van der Waals surface area contributed by atoms with Crippen LogP contribution in [0.2, 0.25) is 0 Å². The topological polar surface area (TPSA) is 54.2 Å². The van der Waals surface area contributed by atoms with Crippen LogP contribution in [0.5, 0.6) is 0 Å². The highest BCUT2D eigenvalue weighted by atomic mass is 127. The molecule has 7 heteroatoms. The third-order valence-electron chi connectivity index (χ3n) is 3.67. The summed E-state index contributed by atoms with van der Waals surface area (Å²) in [5.41, 5.74) is 2.68. The molecular formula is C17H25FIN5. The van der Waals surface area contributed by atoms with Gasteiger partial charge in [-0.3, -0.25) is 9.67 Å². The maximum Gasteiger partial charge on any atom is 0.191 e. The number of rotatable bonds is 5. The van der Waals surface area contributed by atoms with E-state index in [2.05, 4.69) is 20.7 Å². The van der Waals surface area contributed by atoms with Crippen LogP contribution in [0.1, 0.15) is 29.7 Å². The molecule has 0 aliphatic rings. The summed E-state index contributed by atoms with van der Waals surface area (Å²) in [7, 11) is 1.72. The molecule has 0 amide bonds. The van der Waals surface area contributed by atoms with E-state index < -0.39 is 0 Å². The van der Waals surface area contributed by atoms with Gasteiger partial charge in [-0.25, -0.2) is 4.39 Å². The van der Waals surface area contributed by atoms with Gasteiger partial charge in [0.15, 0.2) is 5.96 Å². The minimum atomic E-state index is -0.187. The van der Waals surface area contributed by atoms with Gasteiger partial charge in [0.1, 0.15) is 5.82 Å². The second-order valence-corrected chi connectivity index (χ2v) is 5.65. The van der Waals surface area contributed by atoms with Crippen LogP contribution in [0.3, 0.4) is 0 Å². The lowest BCUT2D eigenvalue weighted by Gasteiger charge is -2.18. The van der Waals surface area contributed by atoms with Crippen LogP contribution in [-0.2, 0) is 6.54 Å². The third-order valence-corrected chi connectivity index (χ3v) is 3.67. The molecule has 132 valence electrons. The van der Waals surface area contributed by atoms with Crippen molar-refractivity contribution in [2.45, 2.75) is 33.4 Å².